The Hall–Kier alpha value is -0.170. The third-order valence-electron chi connectivity index (χ3n) is 1.80. The summed E-state index contributed by atoms with van der Waals surface area (Å²) in [6.45, 7) is 0. The van der Waals surface area contributed by atoms with Crippen molar-refractivity contribution in [3.8, 4) is 0 Å². The van der Waals surface area contributed by atoms with Crippen molar-refractivity contribution in [3.63, 3.8) is 0 Å². The molecule has 0 N–H and O–H groups in total. The minimum atomic E-state index is 0.760. The Morgan fingerprint density at radius 1 is 1.20 bits per heavy atom. The second-order valence-electron chi connectivity index (χ2n) is 2.47. The maximum atomic E-state index is 2.30. The van der Waals surface area contributed by atoms with Crippen molar-refractivity contribution in [2.45, 2.75) is 3.67 Å². The van der Waals surface area contributed by atoms with E-state index in [1.807, 2.05) is 0 Å². The van der Waals surface area contributed by atoms with Gasteiger partial charge in [0.05, 0.1) is 0 Å². The van der Waals surface area contributed by atoms with E-state index in [4.69, 9.17) is 0 Å². The first-order chi connectivity index (χ1) is 4.88. The van der Waals surface area contributed by atoms with E-state index in [1.54, 1.807) is 0 Å². The van der Waals surface area contributed by atoms with E-state index < -0.39 is 0 Å². The number of benzene rings is 1. The molecule has 1 aliphatic carbocycles. The summed E-state index contributed by atoms with van der Waals surface area (Å²) in [5.74, 6) is 0. The van der Waals surface area contributed by atoms with Gasteiger partial charge in [-0.2, -0.15) is 0 Å². The Morgan fingerprint density at radius 3 is 2.80 bits per heavy atom. The molecule has 0 fully saturated rings. The van der Waals surface area contributed by atoms with Gasteiger partial charge in [0.15, 0.2) is 0 Å². The maximum absolute atomic E-state index is 2.30. The zero-order valence-corrected chi connectivity index (χ0v) is 9.13. The quantitative estimate of drug-likeness (QED) is 0.644. The van der Waals surface area contributed by atoms with Crippen LogP contribution >= 0.6 is 0 Å². The Morgan fingerprint density at radius 2 is 2.00 bits per heavy atom. The van der Waals surface area contributed by atoms with Gasteiger partial charge in [0.1, 0.15) is 0 Å². The molecule has 0 spiro atoms. The van der Waals surface area contributed by atoms with E-state index in [-0.39, 0.29) is 0 Å². The molecule has 1 heteroatoms. The molecule has 0 bridgehead atoms. The van der Waals surface area contributed by atoms with Crippen LogP contribution in [-0.2, 0) is 24.4 Å². The van der Waals surface area contributed by atoms with Gasteiger partial charge < -0.3 is 0 Å². The van der Waals surface area contributed by atoms with Crippen LogP contribution in [0.15, 0.2) is 30.3 Å². The Balaban J connectivity index is 2.59. The zero-order chi connectivity index (χ0) is 6.97. The normalized spacial score (nSPS) is 21.2. The first-order valence-corrected chi connectivity index (χ1v) is 5.43. The molecule has 10 heavy (non-hydrogen) atoms. The molecule has 44 valence electrons. The zero-order valence-electron chi connectivity index (χ0n) is 5.54. The summed E-state index contributed by atoms with van der Waals surface area (Å²) in [6, 6.07) is 8.64. The average Bonchev–Trinajstić information content (AvgIpc) is 2.34. The van der Waals surface area contributed by atoms with Crippen LogP contribution in [0.4, 0.5) is 0 Å². The molecule has 0 radical (unpaired) electrons. The summed E-state index contributed by atoms with van der Waals surface area (Å²) in [5.41, 5.74) is 2.94. The van der Waals surface area contributed by atoms with Gasteiger partial charge in [-0.1, -0.05) is 0 Å². The summed E-state index contributed by atoms with van der Waals surface area (Å²) >= 11 is 1.24. The van der Waals surface area contributed by atoms with E-state index in [2.05, 4.69) is 36.4 Å². The van der Waals surface area contributed by atoms with Gasteiger partial charge in [-0.15, -0.1) is 0 Å². The molecule has 0 amide bonds. The molecule has 0 saturated heterocycles. The van der Waals surface area contributed by atoms with Crippen molar-refractivity contribution in [2.75, 3.05) is 0 Å². The molecule has 1 aliphatic rings. The topological polar surface area (TPSA) is 0 Å². The summed E-state index contributed by atoms with van der Waals surface area (Å²) in [5, 5.41) is 0. The Labute approximate surface area is 75.5 Å². The predicted octanol–water partition coefficient (Wildman–Crippen LogP) is 2.30. The number of hydrogen-bond donors (Lipinski definition) is 0. The molecule has 1 unspecified atom stereocenters. The summed E-state index contributed by atoms with van der Waals surface area (Å²) in [4.78, 5) is 0. The van der Waals surface area contributed by atoms with Crippen molar-refractivity contribution >= 4 is 6.08 Å². The molecule has 0 heterocycles. The van der Waals surface area contributed by atoms with Crippen LogP contribution in [0.2, 0.25) is 0 Å². The predicted molar refractivity (Wildman–Crippen MR) is 38.2 cm³/mol. The summed E-state index contributed by atoms with van der Waals surface area (Å²) < 4.78 is 0.760. The number of fused-ring (bicyclic) bond motifs is 1. The number of allylic oxidation sites excluding steroid dienone is 1. The summed E-state index contributed by atoms with van der Waals surface area (Å²) in [7, 11) is 0. The summed E-state index contributed by atoms with van der Waals surface area (Å²) in [6.07, 6.45) is 4.53. The van der Waals surface area contributed by atoms with Crippen LogP contribution in [0.1, 0.15) is 14.8 Å². The van der Waals surface area contributed by atoms with Gasteiger partial charge in [0.2, 0.25) is 0 Å². The van der Waals surface area contributed by atoms with E-state index in [1.165, 1.54) is 35.5 Å². The van der Waals surface area contributed by atoms with E-state index >= 15 is 0 Å². The van der Waals surface area contributed by atoms with Gasteiger partial charge in [-0.05, 0) is 0 Å². The third-order valence-corrected chi connectivity index (χ3v) is 3.61. The van der Waals surface area contributed by atoms with Gasteiger partial charge in [0.25, 0.3) is 0 Å². The molecule has 0 aromatic heterocycles. The molecule has 1 atom stereocenters. The van der Waals surface area contributed by atoms with E-state index in [0.717, 1.165) is 3.67 Å². The SMILES string of the molecule is [Hf+3][CH]1C=Cc2ccccc21. The molecule has 0 nitrogen and oxygen atoms in total. The minimum absolute atomic E-state index is 0.760. The number of hydrogen-bond acceptors (Lipinski definition) is 0. The Kier molecular flexibility index (Phi) is 1.61. The molecule has 0 saturated carbocycles. The fourth-order valence-electron chi connectivity index (χ4n) is 1.25. The van der Waals surface area contributed by atoms with Crippen LogP contribution in [0.5, 0.6) is 0 Å². The average molecular weight is 294 g/mol. The van der Waals surface area contributed by atoms with Crippen molar-refractivity contribution in [2.24, 2.45) is 0 Å². The first kappa shape index (κ1) is 6.53. The van der Waals surface area contributed by atoms with Gasteiger partial charge >= 0.3 is 75.6 Å². The van der Waals surface area contributed by atoms with Crippen LogP contribution in [0.3, 0.4) is 0 Å². The fraction of sp³-hybridized carbons (Fsp3) is 0.111. The molecular formula is C9H7Hf+3. The fourth-order valence-corrected chi connectivity index (χ4v) is 2.54. The molecule has 0 aliphatic heterocycles. The van der Waals surface area contributed by atoms with Gasteiger partial charge in [0, 0.05) is 0 Å². The molecular weight excluding hydrogens is 287 g/mol. The molecule has 2 rings (SSSR count). The van der Waals surface area contributed by atoms with Crippen molar-refractivity contribution in [1.29, 1.82) is 0 Å². The van der Waals surface area contributed by atoms with Gasteiger partial charge in [-0.3, -0.25) is 0 Å². The van der Waals surface area contributed by atoms with Crippen LogP contribution < -0.4 is 0 Å². The monoisotopic (exact) mass is 295 g/mol. The van der Waals surface area contributed by atoms with Crippen molar-refractivity contribution in [3.05, 3.63) is 41.5 Å². The second-order valence-corrected chi connectivity index (χ2v) is 4.70. The standard InChI is InChI=1S/C9H7.Hf/c1-2-5-9-7-3-6-8(9)4-1;/h1-7H;/q;+3. The van der Waals surface area contributed by atoms with Crippen LogP contribution in [-0.4, -0.2) is 0 Å². The van der Waals surface area contributed by atoms with Gasteiger partial charge in [-0.25, -0.2) is 0 Å². The van der Waals surface area contributed by atoms with E-state index in [9.17, 15) is 0 Å². The second kappa shape index (κ2) is 2.46. The Bertz CT molecular complexity index is 276. The first-order valence-electron chi connectivity index (χ1n) is 3.36. The third kappa shape index (κ3) is 0.929. The molecule has 1 aromatic carbocycles. The van der Waals surface area contributed by atoms with Crippen molar-refractivity contribution < 1.29 is 24.4 Å². The number of rotatable bonds is 0. The van der Waals surface area contributed by atoms with Crippen LogP contribution in [0, 0.1) is 0 Å². The van der Waals surface area contributed by atoms with E-state index in [0.29, 0.717) is 0 Å². The van der Waals surface area contributed by atoms with Crippen LogP contribution in [0.25, 0.3) is 6.08 Å². The molecule has 1 aromatic rings. The van der Waals surface area contributed by atoms with Crippen molar-refractivity contribution in [1.82, 2.24) is 0 Å².